The maximum absolute atomic E-state index is 9.00. The Bertz CT molecular complexity index is 310. The van der Waals surface area contributed by atoms with E-state index in [1.807, 2.05) is 0 Å². The predicted octanol–water partition coefficient (Wildman–Crippen LogP) is 0.410. The minimum absolute atomic E-state index is 0.129. The minimum atomic E-state index is 0.129. The zero-order chi connectivity index (χ0) is 10.7. The summed E-state index contributed by atoms with van der Waals surface area (Å²) in [5.41, 5.74) is 6.10. The minimum Gasteiger partial charge on any atom is -0.396 e. The summed E-state index contributed by atoms with van der Waals surface area (Å²) < 4.78 is 0. The summed E-state index contributed by atoms with van der Waals surface area (Å²) in [6.45, 7) is 0.721. The van der Waals surface area contributed by atoms with Crippen molar-refractivity contribution >= 4 is 11.6 Å². The molecule has 15 heavy (non-hydrogen) atoms. The number of nitrogens with zero attached hydrogens (tertiary/aromatic N) is 3. The summed E-state index contributed by atoms with van der Waals surface area (Å²) in [4.78, 5) is 10.4. The summed E-state index contributed by atoms with van der Waals surface area (Å²) >= 11 is 0. The number of nitrogen functional groups attached to an aromatic ring is 1. The Balaban J connectivity index is 2.12. The van der Waals surface area contributed by atoms with Gasteiger partial charge in [0.1, 0.15) is 0 Å². The number of rotatable bonds is 4. The smallest absolute Gasteiger partial charge is 0.225 e. The quantitative estimate of drug-likeness (QED) is 0.749. The van der Waals surface area contributed by atoms with Crippen LogP contribution in [0.2, 0.25) is 0 Å². The number of anilines is 2. The monoisotopic (exact) mass is 208 g/mol. The van der Waals surface area contributed by atoms with Crippen LogP contribution in [0, 0.1) is 0 Å². The molecule has 1 aromatic rings. The van der Waals surface area contributed by atoms with Gasteiger partial charge in [0.05, 0.1) is 24.7 Å². The molecule has 1 saturated carbocycles. The van der Waals surface area contributed by atoms with E-state index in [1.54, 1.807) is 12.4 Å². The molecular formula is C10H16N4O. The van der Waals surface area contributed by atoms with Crippen molar-refractivity contribution in [1.82, 2.24) is 9.97 Å². The Labute approximate surface area is 88.9 Å². The lowest BCUT2D eigenvalue weighted by molar-refractivity contribution is 0.282. The lowest BCUT2D eigenvalue weighted by Crippen LogP contribution is -2.42. The number of hydrogen-bond acceptors (Lipinski definition) is 5. The summed E-state index contributed by atoms with van der Waals surface area (Å²) in [6, 6.07) is 0.487. The molecule has 0 radical (unpaired) electrons. The van der Waals surface area contributed by atoms with E-state index >= 15 is 0 Å². The van der Waals surface area contributed by atoms with Crippen LogP contribution in [0.5, 0.6) is 0 Å². The van der Waals surface area contributed by atoms with Gasteiger partial charge in [0.2, 0.25) is 5.95 Å². The van der Waals surface area contributed by atoms with Crippen LogP contribution in [0.1, 0.15) is 19.3 Å². The molecule has 0 amide bonds. The number of nitrogens with two attached hydrogens (primary N) is 1. The lowest BCUT2D eigenvalue weighted by atomic mass is 9.92. The molecule has 1 aliphatic carbocycles. The molecule has 0 atom stereocenters. The van der Waals surface area contributed by atoms with Gasteiger partial charge in [0.25, 0.3) is 0 Å². The first-order chi connectivity index (χ1) is 7.31. The largest absolute Gasteiger partial charge is 0.396 e. The van der Waals surface area contributed by atoms with Gasteiger partial charge in [-0.2, -0.15) is 0 Å². The maximum Gasteiger partial charge on any atom is 0.225 e. The molecule has 0 unspecified atom stereocenters. The average Bonchev–Trinajstić information content (AvgIpc) is 2.16. The summed E-state index contributed by atoms with van der Waals surface area (Å²) in [6.07, 6.45) is 6.78. The van der Waals surface area contributed by atoms with Crippen LogP contribution in [-0.2, 0) is 0 Å². The second kappa shape index (κ2) is 4.44. The molecule has 1 aromatic heterocycles. The van der Waals surface area contributed by atoms with Crippen molar-refractivity contribution in [2.24, 2.45) is 0 Å². The maximum atomic E-state index is 9.00. The summed E-state index contributed by atoms with van der Waals surface area (Å²) in [5.74, 6) is 0.669. The molecule has 5 heteroatoms. The van der Waals surface area contributed by atoms with Crippen LogP contribution in [0.15, 0.2) is 12.4 Å². The Kier molecular flexibility index (Phi) is 3.01. The molecule has 0 saturated heterocycles. The average molecular weight is 208 g/mol. The molecule has 1 aliphatic rings. The van der Waals surface area contributed by atoms with Crippen LogP contribution in [0.25, 0.3) is 0 Å². The molecule has 5 nitrogen and oxygen atoms in total. The Morgan fingerprint density at radius 3 is 2.53 bits per heavy atom. The third-order valence-electron chi connectivity index (χ3n) is 2.77. The third-order valence-corrected chi connectivity index (χ3v) is 2.77. The van der Waals surface area contributed by atoms with Crippen molar-refractivity contribution in [2.75, 3.05) is 23.8 Å². The van der Waals surface area contributed by atoms with Gasteiger partial charge < -0.3 is 15.7 Å². The van der Waals surface area contributed by atoms with Gasteiger partial charge in [-0.3, -0.25) is 0 Å². The van der Waals surface area contributed by atoms with Crippen LogP contribution in [0.3, 0.4) is 0 Å². The van der Waals surface area contributed by atoms with Crippen molar-refractivity contribution < 1.29 is 5.11 Å². The standard InChI is InChI=1S/C10H16N4O/c11-8-6-12-10(13-7-8)14(4-5-15)9-2-1-3-9/h6-7,9,15H,1-5,11H2. The van der Waals surface area contributed by atoms with E-state index in [1.165, 1.54) is 6.42 Å². The molecule has 0 spiro atoms. The summed E-state index contributed by atoms with van der Waals surface area (Å²) in [7, 11) is 0. The molecule has 2 rings (SSSR count). The first-order valence-corrected chi connectivity index (χ1v) is 5.26. The zero-order valence-electron chi connectivity index (χ0n) is 8.63. The topological polar surface area (TPSA) is 75.3 Å². The van der Waals surface area contributed by atoms with Gasteiger partial charge in [0.15, 0.2) is 0 Å². The first kappa shape index (κ1) is 10.2. The van der Waals surface area contributed by atoms with E-state index in [0.29, 0.717) is 24.2 Å². The fraction of sp³-hybridized carbons (Fsp3) is 0.600. The highest BCUT2D eigenvalue weighted by molar-refractivity contribution is 5.39. The van der Waals surface area contributed by atoms with Gasteiger partial charge >= 0.3 is 0 Å². The SMILES string of the molecule is Nc1cnc(N(CCO)C2CCC2)nc1. The first-order valence-electron chi connectivity index (χ1n) is 5.26. The highest BCUT2D eigenvalue weighted by Gasteiger charge is 2.26. The molecular weight excluding hydrogens is 192 g/mol. The van der Waals surface area contributed by atoms with Crippen LogP contribution < -0.4 is 10.6 Å². The fourth-order valence-corrected chi connectivity index (χ4v) is 1.73. The van der Waals surface area contributed by atoms with Gasteiger partial charge in [-0.1, -0.05) is 0 Å². The molecule has 82 valence electrons. The van der Waals surface area contributed by atoms with Crippen LogP contribution >= 0.6 is 0 Å². The van der Waals surface area contributed by atoms with Crippen molar-refractivity contribution in [3.05, 3.63) is 12.4 Å². The second-order valence-electron chi connectivity index (χ2n) is 3.82. The normalized spacial score (nSPS) is 16.1. The highest BCUT2D eigenvalue weighted by atomic mass is 16.3. The number of aliphatic hydroxyl groups is 1. The van der Waals surface area contributed by atoms with E-state index in [-0.39, 0.29) is 6.61 Å². The molecule has 1 heterocycles. The highest BCUT2D eigenvalue weighted by Crippen LogP contribution is 2.27. The van der Waals surface area contributed by atoms with Gasteiger partial charge in [-0.15, -0.1) is 0 Å². The molecule has 0 bridgehead atoms. The van der Waals surface area contributed by atoms with E-state index in [2.05, 4.69) is 14.9 Å². The van der Waals surface area contributed by atoms with Crippen molar-refractivity contribution in [2.45, 2.75) is 25.3 Å². The van der Waals surface area contributed by atoms with Crippen molar-refractivity contribution in [1.29, 1.82) is 0 Å². The van der Waals surface area contributed by atoms with Gasteiger partial charge in [-0.05, 0) is 19.3 Å². The second-order valence-corrected chi connectivity index (χ2v) is 3.82. The zero-order valence-corrected chi connectivity index (χ0v) is 8.63. The molecule has 3 N–H and O–H groups in total. The number of aliphatic hydroxyl groups excluding tert-OH is 1. The fourth-order valence-electron chi connectivity index (χ4n) is 1.73. The van der Waals surface area contributed by atoms with Crippen molar-refractivity contribution in [3.8, 4) is 0 Å². The van der Waals surface area contributed by atoms with Crippen LogP contribution in [-0.4, -0.2) is 34.3 Å². The third kappa shape index (κ3) is 2.18. The number of aromatic nitrogens is 2. The predicted molar refractivity (Wildman–Crippen MR) is 58.5 cm³/mol. The van der Waals surface area contributed by atoms with E-state index in [4.69, 9.17) is 10.8 Å². The van der Waals surface area contributed by atoms with Gasteiger partial charge in [0, 0.05) is 12.6 Å². The molecule has 0 aliphatic heterocycles. The van der Waals surface area contributed by atoms with Gasteiger partial charge in [-0.25, -0.2) is 9.97 Å². The van der Waals surface area contributed by atoms with E-state index < -0.39 is 0 Å². The van der Waals surface area contributed by atoms with Crippen molar-refractivity contribution in [3.63, 3.8) is 0 Å². The lowest BCUT2D eigenvalue weighted by Gasteiger charge is -2.37. The van der Waals surface area contributed by atoms with E-state index in [0.717, 1.165) is 12.8 Å². The summed E-state index contributed by atoms with van der Waals surface area (Å²) in [5, 5.41) is 9.00. The molecule has 0 aromatic carbocycles. The van der Waals surface area contributed by atoms with E-state index in [9.17, 15) is 0 Å². The Morgan fingerprint density at radius 2 is 2.07 bits per heavy atom. The Morgan fingerprint density at radius 1 is 1.40 bits per heavy atom. The Hall–Kier alpha value is -1.36. The van der Waals surface area contributed by atoms with Crippen LogP contribution in [0.4, 0.5) is 11.6 Å². The molecule has 1 fully saturated rings. The number of hydrogen-bond donors (Lipinski definition) is 2.